The number of carbonyl (C=O) groups is 13. The first kappa shape index (κ1) is 81.0. The van der Waals surface area contributed by atoms with Crippen molar-refractivity contribution in [1.29, 1.82) is 0 Å². The van der Waals surface area contributed by atoms with Gasteiger partial charge in [0.15, 0.2) is 5.78 Å². The second-order valence-electron chi connectivity index (χ2n) is 26.8. The summed E-state index contributed by atoms with van der Waals surface area (Å²) in [5, 5.41) is 72.3. The largest absolute Gasteiger partial charge is 0.481 e. The summed E-state index contributed by atoms with van der Waals surface area (Å²) >= 11 is 0. The van der Waals surface area contributed by atoms with Crippen LogP contribution in [-0.2, 0) is 83.2 Å². The van der Waals surface area contributed by atoms with Gasteiger partial charge in [0.1, 0.15) is 23.7 Å². The molecule has 7 rings (SSSR count). The smallest absolute Gasteiger partial charge is 0.326 e. The molecule has 34 nitrogen and oxygen atoms in total. The van der Waals surface area contributed by atoms with Crippen molar-refractivity contribution >= 4 is 87.7 Å². The molecule has 0 unspecified atom stereocenters. The van der Waals surface area contributed by atoms with Gasteiger partial charge in [-0.05, 0) is 80.0 Å². The molecule has 3 aromatic heterocycles. The summed E-state index contributed by atoms with van der Waals surface area (Å²) in [6.45, 7) is 0.405. The van der Waals surface area contributed by atoms with Crippen LogP contribution in [0.5, 0.6) is 0 Å². The number of fused-ring (bicyclic) bond motifs is 1. The molecule has 1 aliphatic heterocycles. The first-order chi connectivity index (χ1) is 49.8. The van der Waals surface area contributed by atoms with Gasteiger partial charge < -0.3 is 72.2 Å². The summed E-state index contributed by atoms with van der Waals surface area (Å²) in [5.74, 6) is -13.2. The number of Topliss-reactive ketones (excluding diaryl/α,β-unsaturated/α-hetero) is 3. The van der Waals surface area contributed by atoms with Crippen molar-refractivity contribution < 1.29 is 93.0 Å². The lowest BCUT2D eigenvalue weighted by Gasteiger charge is -2.33. The Morgan fingerprint density at radius 1 is 0.471 bits per heavy atom. The van der Waals surface area contributed by atoms with E-state index in [9.17, 15) is 87.9 Å². The minimum absolute atomic E-state index is 0.00291. The van der Waals surface area contributed by atoms with E-state index in [0.29, 0.717) is 42.8 Å². The van der Waals surface area contributed by atoms with E-state index in [4.69, 9.17) is 5.11 Å². The second kappa shape index (κ2) is 41.7. The Morgan fingerprint density at radius 2 is 0.952 bits per heavy atom. The average molecular weight is 1450 g/mol. The SMILES string of the molecule is O=C(O)CC[C@H](NC(=O)N[C@@H](CCCCNC(=O)[C@@H](CC(=O)C1CCC(CNC(=O)[C@@H](CC(=O)[C@H](Cc2cnc[nH]2)NC(=O)[C@@H](CC(=O)CN2CCN(CC(=O)O)CCN(CC(=O)O)CCN(CC(=O)O)CC2)Cc2cnc[nH]2)Cc2cnc[nH]2)CC1)Cc1ccc2ccccc2c1)C(=O)O)C(=O)O. The van der Waals surface area contributed by atoms with Crippen molar-refractivity contribution in [3.05, 3.63) is 103 Å². The summed E-state index contributed by atoms with van der Waals surface area (Å²) < 4.78 is 0. The van der Waals surface area contributed by atoms with Gasteiger partial charge in [-0.1, -0.05) is 42.5 Å². The zero-order valence-corrected chi connectivity index (χ0v) is 58.0. The molecule has 2 aliphatic rings. The maximum absolute atomic E-state index is 14.8. The van der Waals surface area contributed by atoms with E-state index in [1.165, 1.54) is 37.6 Å². The minimum Gasteiger partial charge on any atom is -0.481 e. The molecule has 6 atom stereocenters. The van der Waals surface area contributed by atoms with E-state index in [2.05, 4.69) is 56.5 Å². The summed E-state index contributed by atoms with van der Waals surface area (Å²) in [7, 11) is 0. The van der Waals surface area contributed by atoms with Gasteiger partial charge in [0.2, 0.25) is 17.7 Å². The van der Waals surface area contributed by atoms with Crippen molar-refractivity contribution in [2.75, 3.05) is 91.6 Å². The quantitative estimate of drug-likeness (QED) is 0.0244. The number of hydrogen-bond acceptors (Lipinski definition) is 20. The van der Waals surface area contributed by atoms with Gasteiger partial charge in [-0.3, -0.25) is 67.5 Å². The number of imidazole rings is 3. The summed E-state index contributed by atoms with van der Waals surface area (Å²) in [6.07, 6.45) is 9.85. The number of carbonyl (C=O) groups excluding carboxylic acids is 7. The Labute approximate surface area is 599 Å². The number of benzene rings is 2. The highest BCUT2D eigenvalue weighted by Gasteiger charge is 2.35. The topological polar surface area (TPSA) is 502 Å². The van der Waals surface area contributed by atoms with Gasteiger partial charge in [-0.15, -0.1) is 0 Å². The number of aromatic amines is 3. The number of unbranched alkanes of at least 4 members (excludes halogenated alkanes) is 1. The third-order valence-electron chi connectivity index (χ3n) is 18.8. The molecule has 5 amide bonds. The second-order valence-corrected chi connectivity index (χ2v) is 26.8. The molecule has 2 fully saturated rings. The number of amides is 5. The van der Waals surface area contributed by atoms with Crippen LogP contribution < -0.4 is 26.6 Å². The molecule has 34 heteroatoms. The fourth-order valence-electron chi connectivity index (χ4n) is 13.1. The molecule has 104 heavy (non-hydrogen) atoms. The number of rotatable bonds is 42. The third-order valence-corrected chi connectivity index (χ3v) is 18.8. The Hall–Kier alpha value is -10.3. The molecule has 1 aliphatic carbocycles. The fourth-order valence-corrected chi connectivity index (χ4v) is 13.1. The molecule has 2 aromatic carbocycles. The molecule has 14 N–H and O–H groups in total. The number of nitrogens with zero attached hydrogens (tertiary/aromatic N) is 7. The molecule has 4 heterocycles. The number of H-pyrrole nitrogens is 3. The standard InChI is InChI=1S/C70H95N15O19/c86-55(37-82-17-19-83(38-62(91)92)21-23-85(40-64(95)96)24-22-84(20-18-82)39-63(93)94)29-50(27-52-34-71-41-76-52)67(99)79-58(32-54-36-73-43-78-54)60(88)31-51(28-53-35-72-42-77-53)66(98)75-33-44-8-12-47(13-9-44)59(87)30-49(26-45-10-11-46-5-1-2-6-48(46)25-45)65(97)74-16-4-3-7-56(68(100)101)80-70(104)81-57(69(102)103)14-15-61(89)90/h1-2,5-6,10-11,25,34-36,41-44,47,49-51,56-58H,3-4,7-9,12-24,26-33,37-40H2,(H,71,76)(H,72,77)(H,73,78)(H,74,97)(H,75,98)(H,79,99)(H,89,90)(H,91,92)(H,93,94)(H,95,96)(H,100,101)(H,102,103)(H2,80,81,104)/t44?,47?,49-,50-,51-,56+,57+,58+/m1/s1. The zero-order chi connectivity index (χ0) is 75.1. The highest BCUT2D eigenvalue weighted by atomic mass is 16.4. The van der Waals surface area contributed by atoms with Gasteiger partial charge in [-0.25, -0.2) is 29.3 Å². The average Bonchev–Trinajstić information content (AvgIpc) is 1.08. The van der Waals surface area contributed by atoms with E-state index in [1.807, 2.05) is 42.5 Å². The third kappa shape index (κ3) is 28.5. The summed E-state index contributed by atoms with van der Waals surface area (Å²) in [6, 6.07) is 8.21. The Balaban J connectivity index is 0.964. The molecule has 564 valence electrons. The number of carboxylic acids is 6. The fraction of sp³-hybridized carbons (Fsp3) is 0.543. The maximum Gasteiger partial charge on any atom is 0.326 e. The van der Waals surface area contributed by atoms with Crippen LogP contribution in [0.25, 0.3) is 10.8 Å². The van der Waals surface area contributed by atoms with E-state index in [0.717, 1.165) is 16.3 Å². The van der Waals surface area contributed by atoms with Crippen molar-refractivity contribution in [3.8, 4) is 0 Å². The van der Waals surface area contributed by atoms with E-state index >= 15 is 0 Å². The molecular weight excluding hydrogens is 1350 g/mol. The number of nitrogens with one attached hydrogen (secondary N) is 8. The summed E-state index contributed by atoms with van der Waals surface area (Å²) in [4.78, 5) is 197. The lowest BCUT2D eigenvalue weighted by Crippen LogP contribution is -2.51. The van der Waals surface area contributed by atoms with Crippen molar-refractivity contribution in [1.82, 2.24) is 76.1 Å². The Morgan fingerprint density at radius 3 is 1.45 bits per heavy atom. The maximum atomic E-state index is 14.8. The van der Waals surface area contributed by atoms with Crippen LogP contribution in [0.15, 0.2) is 80.0 Å². The number of ketones is 3. The van der Waals surface area contributed by atoms with Crippen LogP contribution in [0.4, 0.5) is 4.79 Å². The lowest BCUT2D eigenvalue weighted by molar-refractivity contribution is -0.141. The Bertz CT molecular complexity index is 3650. The molecular formula is C70H95N15O19. The number of aromatic nitrogens is 6. The summed E-state index contributed by atoms with van der Waals surface area (Å²) in [5.41, 5.74) is 2.40. The van der Waals surface area contributed by atoms with Gasteiger partial charge in [-0.2, -0.15) is 0 Å². The molecule has 1 saturated heterocycles. The highest BCUT2D eigenvalue weighted by molar-refractivity contribution is 5.95. The number of aliphatic carboxylic acids is 6. The molecule has 0 bridgehead atoms. The monoisotopic (exact) mass is 1450 g/mol. The molecule has 0 spiro atoms. The molecule has 5 aromatic rings. The van der Waals surface area contributed by atoms with Gasteiger partial charge >= 0.3 is 41.8 Å². The van der Waals surface area contributed by atoms with Crippen LogP contribution in [0.3, 0.4) is 0 Å². The number of urea groups is 1. The van der Waals surface area contributed by atoms with Gasteiger partial charge in [0.25, 0.3) is 0 Å². The molecule has 0 radical (unpaired) electrons. The minimum atomic E-state index is -1.57. The van der Waals surface area contributed by atoms with E-state index in [-0.39, 0.29) is 185 Å². The van der Waals surface area contributed by atoms with Crippen LogP contribution in [-0.4, -0.2) is 267 Å². The predicted molar refractivity (Wildman–Crippen MR) is 371 cm³/mol. The van der Waals surface area contributed by atoms with Crippen LogP contribution in [0.2, 0.25) is 0 Å². The van der Waals surface area contributed by atoms with E-state index in [1.54, 1.807) is 19.6 Å². The van der Waals surface area contributed by atoms with Crippen molar-refractivity contribution in [2.24, 2.45) is 29.6 Å². The highest BCUT2D eigenvalue weighted by Crippen LogP contribution is 2.32. The lowest BCUT2D eigenvalue weighted by atomic mass is 9.77. The normalized spacial score (nSPS) is 17.6. The van der Waals surface area contributed by atoms with Crippen LogP contribution in [0.1, 0.15) is 99.7 Å². The predicted octanol–water partition coefficient (Wildman–Crippen LogP) is 1.25. The molecule has 1 saturated carbocycles. The van der Waals surface area contributed by atoms with Crippen molar-refractivity contribution in [2.45, 2.75) is 121 Å². The van der Waals surface area contributed by atoms with E-state index < -0.39 is 108 Å². The number of carboxylic acid groups (broad SMARTS) is 6. The first-order valence-electron chi connectivity index (χ1n) is 34.9. The van der Waals surface area contributed by atoms with Gasteiger partial charge in [0.05, 0.1) is 63.0 Å². The van der Waals surface area contributed by atoms with Gasteiger partial charge in [0, 0.05) is 158 Å². The zero-order valence-electron chi connectivity index (χ0n) is 58.0. The van der Waals surface area contributed by atoms with Crippen molar-refractivity contribution in [3.63, 3.8) is 0 Å². The van der Waals surface area contributed by atoms with Crippen LogP contribution in [0, 0.1) is 29.6 Å². The number of hydrogen-bond donors (Lipinski definition) is 14. The van der Waals surface area contributed by atoms with Crippen LogP contribution >= 0.6 is 0 Å². The Kier molecular flexibility index (Phi) is 32.5. The first-order valence-corrected chi connectivity index (χ1v) is 34.9.